The molecule has 1 fully saturated rings. The van der Waals surface area contributed by atoms with Gasteiger partial charge in [-0.25, -0.2) is 0 Å². The zero-order valence-electron chi connectivity index (χ0n) is 11.4. The molecule has 0 spiro atoms. The van der Waals surface area contributed by atoms with Crippen LogP contribution >= 0.6 is 0 Å². The van der Waals surface area contributed by atoms with Crippen molar-refractivity contribution in [2.75, 3.05) is 20.8 Å². The topological polar surface area (TPSA) is 59.6 Å². The van der Waals surface area contributed by atoms with Gasteiger partial charge in [-0.05, 0) is 12.5 Å². The Labute approximate surface area is 113 Å². The van der Waals surface area contributed by atoms with Gasteiger partial charge in [-0.2, -0.15) is 0 Å². The number of rotatable bonds is 6. The maximum atomic E-state index is 11.1. The maximum Gasteiger partial charge on any atom is 0.220 e. The highest BCUT2D eigenvalue weighted by atomic mass is 16.5. The maximum absolute atomic E-state index is 11.1. The summed E-state index contributed by atoms with van der Waals surface area (Å²) in [5, 5.41) is 6.27. The highest BCUT2D eigenvalue weighted by Crippen LogP contribution is 2.30. The van der Waals surface area contributed by atoms with Gasteiger partial charge >= 0.3 is 0 Å². The van der Waals surface area contributed by atoms with Crippen LogP contribution in [0.3, 0.4) is 0 Å². The fraction of sp³-hybridized carbons (Fsp3) is 0.500. The van der Waals surface area contributed by atoms with Crippen molar-refractivity contribution in [2.24, 2.45) is 0 Å². The predicted molar refractivity (Wildman–Crippen MR) is 72.4 cm³/mol. The number of carbonyl (C=O) groups excluding carboxylic acids is 1. The van der Waals surface area contributed by atoms with Gasteiger partial charge in [0, 0.05) is 31.1 Å². The fourth-order valence-electron chi connectivity index (χ4n) is 2.30. The van der Waals surface area contributed by atoms with E-state index in [0.717, 1.165) is 30.0 Å². The van der Waals surface area contributed by atoms with E-state index in [-0.39, 0.29) is 11.9 Å². The summed E-state index contributed by atoms with van der Waals surface area (Å²) >= 11 is 0. The Hall–Kier alpha value is -1.75. The minimum absolute atomic E-state index is 0.144. The van der Waals surface area contributed by atoms with Crippen LogP contribution in [0.2, 0.25) is 0 Å². The van der Waals surface area contributed by atoms with Crippen LogP contribution in [0.1, 0.15) is 18.4 Å². The van der Waals surface area contributed by atoms with Gasteiger partial charge in [-0.15, -0.1) is 0 Å². The number of hydrogen-bond acceptors (Lipinski definition) is 4. The second-order valence-corrected chi connectivity index (χ2v) is 4.59. The SMILES string of the molecule is COc1cccc(CNCC2CCC(=O)N2)c1OC. The largest absolute Gasteiger partial charge is 0.493 e. The predicted octanol–water partition coefficient (Wildman–Crippen LogP) is 1.07. The Balaban J connectivity index is 1.90. The Morgan fingerprint density at radius 1 is 1.37 bits per heavy atom. The highest BCUT2D eigenvalue weighted by Gasteiger charge is 2.20. The normalized spacial score (nSPS) is 18.2. The zero-order valence-corrected chi connectivity index (χ0v) is 11.4. The van der Waals surface area contributed by atoms with E-state index in [1.807, 2.05) is 18.2 Å². The summed E-state index contributed by atoms with van der Waals surface area (Å²) in [6.45, 7) is 1.46. The van der Waals surface area contributed by atoms with E-state index in [4.69, 9.17) is 9.47 Å². The monoisotopic (exact) mass is 264 g/mol. The molecule has 0 aliphatic carbocycles. The summed E-state index contributed by atoms with van der Waals surface area (Å²) in [5.74, 6) is 1.63. The molecule has 1 amide bonds. The molecule has 1 heterocycles. The first kappa shape index (κ1) is 13.7. The van der Waals surface area contributed by atoms with E-state index >= 15 is 0 Å². The highest BCUT2D eigenvalue weighted by molar-refractivity contribution is 5.78. The number of benzene rings is 1. The van der Waals surface area contributed by atoms with E-state index in [1.54, 1.807) is 14.2 Å². The van der Waals surface area contributed by atoms with Crippen LogP contribution in [0.15, 0.2) is 18.2 Å². The standard InChI is InChI=1S/C14H20N2O3/c1-18-12-5-3-4-10(14(12)19-2)8-15-9-11-6-7-13(17)16-11/h3-5,11,15H,6-9H2,1-2H3,(H,16,17). The van der Waals surface area contributed by atoms with Crippen LogP contribution in [-0.2, 0) is 11.3 Å². The molecule has 1 aromatic rings. The molecule has 104 valence electrons. The summed E-state index contributed by atoms with van der Waals surface area (Å²) in [7, 11) is 3.27. The van der Waals surface area contributed by atoms with Gasteiger partial charge in [0.2, 0.25) is 5.91 Å². The van der Waals surface area contributed by atoms with Crippen LogP contribution in [0.5, 0.6) is 11.5 Å². The fourth-order valence-corrected chi connectivity index (χ4v) is 2.30. The lowest BCUT2D eigenvalue weighted by Gasteiger charge is -2.15. The molecular formula is C14H20N2O3. The summed E-state index contributed by atoms with van der Waals surface area (Å²) in [4.78, 5) is 11.1. The first-order valence-corrected chi connectivity index (χ1v) is 6.44. The molecule has 1 aliphatic rings. The first-order valence-electron chi connectivity index (χ1n) is 6.44. The second-order valence-electron chi connectivity index (χ2n) is 4.59. The van der Waals surface area contributed by atoms with Gasteiger partial charge in [0.25, 0.3) is 0 Å². The molecule has 0 bridgehead atoms. The molecule has 1 aliphatic heterocycles. The molecule has 1 saturated heterocycles. The zero-order chi connectivity index (χ0) is 13.7. The lowest BCUT2D eigenvalue weighted by Crippen LogP contribution is -2.35. The van der Waals surface area contributed by atoms with Gasteiger partial charge in [0.1, 0.15) is 0 Å². The van der Waals surface area contributed by atoms with Gasteiger partial charge in [0.05, 0.1) is 14.2 Å². The van der Waals surface area contributed by atoms with Crippen molar-refractivity contribution in [1.29, 1.82) is 0 Å². The summed E-state index contributed by atoms with van der Waals surface area (Å²) in [6, 6.07) is 6.06. The number of ether oxygens (including phenoxy) is 2. The van der Waals surface area contributed by atoms with Crippen molar-refractivity contribution in [1.82, 2.24) is 10.6 Å². The summed E-state index contributed by atoms with van der Waals surface area (Å²) in [5.41, 5.74) is 1.05. The van der Waals surface area contributed by atoms with Crippen molar-refractivity contribution >= 4 is 5.91 Å². The van der Waals surface area contributed by atoms with Gasteiger partial charge in [0.15, 0.2) is 11.5 Å². The van der Waals surface area contributed by atoms with E-state index in [0.29, 0.717) is 13.0 Å². The molecule has 5 heteroatoms. The number of hydrogen-bond donors (Lipinski definition) is 2. The van der Waals surface area contributed by atoms with Crippen molar-refractivity contribution in [3.63, 3.8) is 0 Å². The number of carbonyl (C=O) groups is 1. The minimum atomic E-state index is 0.144. The third-order valence-electron chi connectivity index (χ3n) is 3.28. The lowest BCUT2D eigenvalue weighted by molar-refractivity contribution is -0.119. The van der Waals surface area contributed by atoms with Gasteiger partial charge in [-0.1, -0.05) is 12.1 Å². The van der Waals surface area contributed by atoms with Crippen molar-refractivity contribution in [3.05, 3.63) is 23.8 Å². The molecular weight excluding hydrogens is 244 g/mol. The Kier molecular flexibility index (Phi) is 4.63. The number of nitrogens with one attached hydrogen (secondary N) is 2. The van der Waals surface area contributed by atoms with Crippen molar-refractivity contribution in [3.8, 4) is 11.5 Å². The minimum Gasteiger partial charge on any atom is -0.493 e. The number of amides is 1. The third kappa shape index (κ3) is 3.38. The molecule has 0 saturated carbocycles. The molecule has 1 aromatic carbocycles. The van der Waals surface area contributed by atoms with Crippen molar-refractivity contribution < 1.29 is 14.3 Å². The van der Waals surface area contributed by atoms with Crippen LogP contribution in [-0.4, -0.2) is 32.7 Å². The Bertz CT molecular complexity index is 448. The van der Waals surface area contributed by atoms with E-state index in [1.165, 1.54) is 0 Å². The van der Waals surface area contributed by atoms with Crippen LogP contribution in [0.25, 0.3) is 0 Å². The van der Waals surface area contributed by atoms with E-state index in [9.17, 15) is 4.79 Å². The lowest BCUT2D eigenvalue weighted by atomic mass is 10.1. The molecule has 19 heavy (non-hydrogen) atoms. The molecule has 2 rings (SSSR count). The molecule has 0 aromatic heterocycles. The van der Waals surface area contributed by atoms with Gasteiger partial charge < -0.3 is 20.1 Å². The molecule has 5 nitrogen and oxygen atoms in total. The Morgan fingerprint density at radius 2 is 2.21 bits per heavy atom. The third-order valence-corrected chi connectivity index (χ3v) is 3.28. The van der Waals surface area contributed by atoms with Crippen molar-refractivity contribution in [2.45, 2.75) is 25.4 Å². The van der Waals surface area contributed by atoms with Crippen LogP contribution < -0.4 is 20.1 Å². The van der Waals surface area contributed by atoms with Crippen LogP contribution in [0.4, 0.5) is 0 Å². The molecule has 1 atom stereocenters. The van der Waals surface area contributed by atoms with E-state index in [2.05, 4.69) is 10.6 Å². The smallest absolute Gasteiger partial charge is 0.220 e. The Morgan fingerprint density at radius 3 is 2.84 bits per heavy atom. The van der Waals surface area contributed by atoms with Crippen LogP contribution in [0, 0.1) is 0 Å². The molecule has 1 unspecified atom stereocenters. The molecule has 0 radical (unpaired) electrons. The second kappa shape index (κ2) is 6.43. The van der Waals surface area contributed by atoms with E-state index < -0.39 is 0 Å². The number of para-hydroxylation sites is 1. The number of methoxy groups -OCH3 is 2. The average molecular weight is 264 g/mol. The average Bonchev–Trinajstić information content (AvgIpc) is 2.84. The summed E-state index contributed by atoms with van der Waals surface area (Å²) in [6.07, 6.45) is 1.54. The first-order chi connectivity index (χ1) is 9.24. The van der Waals surface area contributed by atoms with Gasteiger partial charge in [-0.3, -0.25) is 4.79 Å². The quantitative estimate of drug-likeness (QED) is 0.807. The summed E-state index contributed by atoms with van der Waals surface area (Å²) < 4.78 is 10.6. The molecule has 2 N–H and O–H groups in total.